The molecule has 0 bridgehead atoms. The molecule has 6 nitrogen and oxygen atoms in total. The van der Waals surface area contributed by atoms with Crippen molar-refractivity contribution in [1.29, 1.82) is 0 Å². The third-order valence-corrected chi connectivity index (χ3v) is 7.06. The predicted molar refractivity (Wildman–Crippen MR) is 94.9 cm³/mol. The number of hydrogen-bond acceptors (Lipinski definition) is 4. The number of amides is 2. The fraction of sp³-hybridized carbons (Fsp3) is 0.556. The Labute approximate surface area is 152 Å². The first-order chi connectivity index (χ1) is 12.3. The van der Waals surface area contributed by atoms with E-state index in [9.17, 15) is 22.4 Å². The van der Waals surface area contributed by atoms with Crippen LogP contribution in [0.1, 0.15) is 29.6 Å². The summed E-state index contributed by atoms with van der Waals surface area (Å²) < 4.78 is 36.5. The van der Waals surface area contributed by atoms with E-state index in [1.54, 1.807) is 22.9 Å². The second kappa shape index (κ2) is 7.34. The molecular weight excluding hydrogens is 359 g/mol. The lowest BCUT2D eigenvalue weighted by Gasteiger charge is -2.34. The molecule has 1 aromatic rings. The van der Waals surface area contributed by atoms with Crippen molar-refractivity contribution in [3.63, 3.8) is 0 Å². The van der Waals surface area contributed by atoms with E-state index in [-0.39, 0.29) is 35.3 Å². The largest absolute Gasteiger partial charge is 0.341 e. The molecule has 2 fully saturated rings. The maximum atomic E-state index is 13.3. The molecule has 26 heavy (non-hydrogen) atoms. The van der Waals surface area contributed by atoms with Crippen molar-refractivity contribution in [2.75, 3.05) is 31.6 Å². The van der Waals surface area contributed by atoms with E-state index in [1.165, 1.54) is 18.2 Å². The fourth-order valence-corrected chi connectivity index (χ4v) is 5.46. The second-order valence-electron chi connectivity index (χ2n) is 7.08. The van der Waals surface area contributed by atoms with Crippen molar-refractivity contribution in [2.45, 2.75) is 25.3 Å². The number of likely N-dealkylation sites (tertiary alicyclic amines) is 1. The number of sulfone groups is 1. The number of rotatable bonds is 3. The van der Waals surface area contributed by atoms with Gasteiger partial charge in [0.2, 0.25) is 5.91 Å². The molecule has 2 amide bonds. The number of carbonyl (C=O) groups excluding carboxylic acids is 2. The molecule has 3 rings (SSSR count). The van der Waals surface area contributed by atoms with Gasteiger partial charge >= 0.3 is 0 Å². The Morgan fingerprint density at radius 3 is 2.46 bits per heavy atom. The molecule has 0 aliphatic carbocycles. The van der Waals surface area contributed by atoms with Crippen LogP contribution in [0.3, 0.4) is 0 Å². The maximum Gasteiger partial charge on any atom is 0.253 e. The maximum absolute atomic E-state index is 13.3. The van der Waals surface area contributed by atoms with Crippen LogP contribution >= 0.6 is 0 Å². The van der Waals surface area contributed by atoms with Gasteiger partial charge in [-0.2, -0.15) is 0 Å². The molecule has 0 radical (unpaired) electrons. The highest BCUT2D eigenvalue weighted by Gasteiger charge is 2.36. The molecule has 1 unspecified atom stereocenters. The summed E-state index contributed by atoms with van der Waals surface area (Å²) >= 11 is 0. The van der Waals surface area contributed by atoms with Crippen LogP contribution in [0.4, 0.5) is 4.39 Å². The standard InChI is InChI=1S/C18H23FN2O4S/c1-20(16-7-10-26(24,25)12-16)17(22)13-5-8-21(9-6-13)18(23)14-3-2-4-15(19)11-14/h2-4,11,13,16H,5-10,12H2,1H3. The summed E-state index contributed by atoms with van der Waals surface area (Å²) in [5, 5.41) is 0. The summed E-state index contributed by atoms with van der Waals surface area (Å²) in [6.07, 6.45) is 1.55. The minimum Gasteiger partial charge on any atom is -0.341 e. The summed E-state index contributed by atoms with van der Waals surface area (Å²) in [7, 11) is -1.37. The molecule has 142 valence electrons. The molecule has 0 aromatic heterocycles. The zero-order chi connectivity index (χ0) is 18.9. The van der Waals surface area contributed by atoms with Gasteiger partial charge in [-0.05, 0) is 37.5 Å². The molecule has 2 saturated heterocycles. The average molecular weight is 382 g/mol. The van der Waals surface area contributed by atoms with E-state index in [4.69, 9.17) is 0 Å². The zero-order valence-corrected chi connectivity index (χ0v) is 15.5. The SMILES string of the molecule is CN(C(=O)C1CCN(C(=O)c2cccc(F)c2)CC1)C1CCS(=O)(=O)C1. The van der Waals surface area contributed by atoms with Gasteiger partial charge in [0.15, 0.2) is 9.84 Å². The quantitative estimate of drug-likeness (QED) is 0.790. The van der Waals surface area contributed by atoms with Crippen LogP contribution in [-0.4, -0.2) is 67.7 Å². The summed E-state index contributed by atoms with van der Waals surface area (Å²) in [5.74, 6) is -0.772. The molecule has 1 aromatic carbocycles. The highest BCUT2D eigenvalue weighted by molar-refractivity contribution is 7.91. The molecule has 2 aliphatic heterocycles. The number of benzene rings is 1. The molecule has 2 aliphatic rings. The number of halogens is 1. The Morgan fingerprint density at radius 2 is 1.88 bits per heavy atom. The highest BCUT2D eigenvalue weighted by Crippen LogP contribution is 2.24. The van der Waals surface area contributed by atoms with Gasteiger partial charge in [0.25, 0.3) is 5.91 Å². The minimum atomic E-state index is -3.04. The molecule has 1 atom stereocenters. The Morgan fingerprint density at radius 1 is 1.19 bits per heavy atom. The van der Waals surface area contributed by atoms with Crippen LogP contribution in [0.15, 0.2) is 24.3 Å². The Hall–Kier alpha value is -1.96. The van der Waals surface area contributed by atoms with Crippen molar-refractivity contribution < 1.29 is 22.4 Å². The smallest absolute Gasteiger partial charge is 0.253 e. The van der Waals surface area contributed by atoms with E-state index in [0.29, 0.717) is 37.9 Å². The van der Waals surface area contributed by atoms with Crippen LogP contribution in [-0.2, 0) is 14.6 Å². The topological polar surface area (TPSA) is 74.8 Å². The van der Waals surface area contributed by atoms with Gasteiger partial charge in [0.05, 0.1) is 11.5 Å². The summed E-state index contributed by atoms with van der Waals surface area (Å²) in [6, 6.07) is 5.34. The van der Waals surface area contributed by atoms with Gasteiger partial charge in [0.1, 0.15) is 5.82 Å². The monoisotopic (exact) mass is 382 g/mol. The summed E-state index contributed by atoms with van der Waals surface area (Å²) in [5.41, 5.74) is 0.308. The minimum absolute atomic E-state index is 0.0339. The van der Waals surface area contributed by atoms with Gasteiger partial charge in [-0.25, -0.2) is 12.8 Å². The number of hydrogen-bond donors (Lipinski definition) is 0. The summed E-state index contributed by atoms with van der Waals surface area (Å²) in [6.45, 7) is 0.866. The third kappa shape index (κ3) is 4.06. The lowest BCUT2D eigenvalue weighted by atomic mass is 9.94. The van der Waals surface area contributed by atoms with Crippen molar-refractivity contribution >= 4 is 21.7 Å². The van der Waals surface area contributed by atoms with Gasteiger partial charge in [-0.15, -0.1) is 0 Å². The number of carbonyl (C=O) groups is 2. The van der Waals surface area contributed by atoms with E-state index >= 15 is 0 Å². The number of nitrogens with zero attached hydrogens (tertiary/aromatic N) is 2. The third-order valence-electron chi connectivity index (χ3n) is 5.31. The van der Waals surface area contributed by atoms with E-state index < -0.39 is 15.7 Å². The van der Waals surface area contributed by atoms with Gasteiger partial charge in [-0.3, -0.25) is 9.59 Å². The van der Waals surface area contributed by atoms with Gasteiger partial charge < -0.3 is 9.80 Å². The van der Waals surface area contributed by atoms with Gasteiger partial charge in [0, 0.05) is 37.7 Å². The van der Waals surface area contributed by atoms with E-state index in [2.05, 4.69) is 0 Å². The van der Waals surface area contributed by atoms with Crippen LogP contribution in [0.2, 0.25) is 0 Å². The predicted octanol–water partition coefficient (Wildman–Crippen LogP) is 1.32. The molecule has 0 N–H and O–H groups in total. The molecule has 0 saturated carbocycles. The lowest BCUT2D eigenvalue weighted by molar-refractivity contribution is -0.137. The lowest BCUT2D eigenvalue weighted by Crippen LogP contribution is -2.46. The zero-order valence-electron chi connectivity index (χ0n) is 14.7. The highest BCUT2D eigenvalue weighted by atomic mass is 32.2. The fourth-order valence-electron chi connectivity index (χ4n) is 3.68. The van der Waals surface area contributed by atoms with E-state index in [0.717, 1.165) is 0 Å². The van der Waals surface area contributed by atoms with Crippen LogP contribution in [0, 0.1) is 11.7 Å². The molecule has 2 heterocycles. The van der Waals surface area contributed by atoms with Crippen molar-refractivity contribution in [3.8, 4) is 0 Å². The van der Waals surface area contributed by atoms with Crippen molar-refractivity contribution in [1.82, 2.24) is 9.80 Å². The van der Waals surface area contributed by atoms with Crippen LogP contribution < -0.4 is 0 Å². The van der Waals surface area contributed by atoms with Gasteiger partial charge in [-0.1, -0.05) is 6.07 Å². The Bertz CT molecular complexity index is 803. The Kier molecular flexibility index (Phi) is 5.32. The second-order valence-corrected chi connectivity index (χ2v) is 9.31. The molecular formula is C18H23FN2O4S. The number of piperidine rings is 1. The Balaban J connectivity index is 1.56. The van der Waals surface area contributed by atoms with Crippen LogP contribution in [0.25, 0.3) is 0 Å². The van der Waals surface area contributed by atoms with Crippen molar-refractivity contribution in [2.24, 2.45) is 5.92 Å². The first kappa shape index (κ1) is 18.8. The van der Waals surface area contributed by atoms with Crippen molar-refractivity contribution in [3.05, 3.63) is 35.6 Å². The molecule has 8 heteroatoms. The first-order valence-corrected chi connectivity index (χ1v) is 10.6. The normalized spacial score (nSPS) is 23.0. The molecule has 0 spiro atoms. The van der Waals surface area contributed by atoms with E-state index in [1.807, 2.05) is 0 Å². The van der Waals surface area contributed by atoms with Crippen LogP contribution in [0.5, 0.6) is 0 Å². The first-order valence-electron chi connectivity index (χ1n) is 8.79. The average Bonchev–Trinajstić information content (AvgIpc) is 3.00. The summed E-state index contributed by atoms with van der Waals surface area (Å²) in [4.78, 5) is 28.3.